The lowest BCUT2D eigenvalue weighted by molar-refractivity contribution is -0.141. The summed E-state index contributed by atoms with van der Waals surface area (Å²) in [5.74, 6) is -0.179. The van der Waals surface area contributed by atoms with Crippen LogP contribution in [-0.4, -0.2) is 64.5 Å². The zero-order valence-electron chi connectivity index (χ0n) is 22.5. The third-order valence-electron chi connectivity index (χ3n) is 6.05. The molecule has 0 fully saturated rings. The van der Waals surface area contributed by atoms with E-state index in [0.29, 0.717) is 32.7 Å². The Morgan fingerprint density at radius 2 is 1.21 bits per heavy atom. The number of allylic oxidation sites excluding steroid dienone is 2. The predicted molar refractivity (Wildman–Crippen MR) is 140 cm³/mol. The van der Waals surface area contributed by atoms with Crippen molar-refractivity contribution in [1.82, 2.24) is 4.90 Å². The zero-order chi connectivity index (χ0) is 24.4. The first-order chi connectivity index (χ1) is 16.1. The highest BCUT2D eigenvalue weighted by Gasteiger charge is 2.12. The van der Waals surface area contributed by atoms with Gasteiger partial charge >= 0.3 is 5.97 Å². The number of hydrogen-bond acceptors (Lipinski definition) is 5. The van der Waals surface area contributed by atoms with E-state index in [4.69, 9.17) is 9.47 Å². The monoisotopic (exact) mass is 469 g/mol. The molecule has 33 heavy (non-hydrogen) atoms. The lowest BCUT2D eigenvalue weighted by Gasteiger charge is -2.24. The highest BCUT2D eigenvalue weighted by atomic mass is 16.5. The number of rotatable bonds is 25. The first-order valence-corrected chi connectivity index (χ1v) is 13.7. The molecule has 0 radical (unpaired) electrons. The summed E-state index contributed by atoms with van der Waals surface area (Å²) in [6.45, 7) is 5.00. The van der Waals surface area contributed by atoms with Gasteiger partial charge in [-0.05, 0) is 52.6 Å². The van der Waals surface area contributed by atoms with Crippen LogP contribution in [0.15, 0.2) is 12.2 Å². The molecule has 0 aromatic heterocycles. The van der Waals surface area contributed by atoms with Crippen LogP contribution < -0.4 is 0 Å². The number of methoxy groups -OCH3 is 1. The van der Waals surface area contributed by atoms with E-state index in [1.54, 1.807) is 0 Å². The van der Waals surface area contributed by atoms with Crippen LogP contribution in [0.25, 0.3) is 0 Å². The molecule has 0 bridgehead atoms. The van der Waals surface area contributed by atoms with Gasteiger partial charge in [-0.1, -0.05) is 76.9 Å². The van der Waals surface area contributed by atoms with Crippen LogP contribution in [0, 0.1) is 0 Å². The van der Waals surface area contributed by atoms with E-state index in [2.05, 4.69) is 42.8 Å². The molecule has 0 aliphatic heterocycles. The van der Waals surface area contributed by atoms with E-state index in [1.165, 1.54) is 90.6 Å². The van der Waals surface area contributed by atoms with Gasteiger partial charge in [-0.3, -0.25) is 4.79 Å². The topological polar surface area (TPSA) is 48.0 Å². The Labute approximate surface area is 205 Å². The number of esters is 1. The standard InChI is InChI=1S/C28H55NO4/c1-5-6-7-8-9-10-11-12-13-14-15-16-17-18-19-20-23-32-25-27(29(2)3)26-33-24-21-22-28(30)31-4/h12-13,27H,5-11,14-26H2,1-4H3. The molecule has 0 saturated carbocycles. The highest BCUT2D eigenvalue weighted by molar-refractivity contribution is 5.68. The molecule has 0 saturated heterocycles. The number of nitrogens with zero attached hydrogens (tertiary/aromatic N) is 1. The summed E-state index contributed by atoms with van der Waals surface area (Å²) in [7, 11) is 5.52. The average molecular weight is 470 g/mol. The fourth-order valence-electron chi connectivity index (χ4n) is 3.66. The van der Waals surface area contributed by atoms with Gasteiger partial charge in [-0.25, -0.2) is 0 Å². The van der Waals surface area contributed by atoms with Crippen molar-refractivity contribution in [3.8, 4) is 0 Å². The van der Waals surface area contributed by atoms with Crippen LogP contribution in [0.2, 0.25) is 0 Å². The van der Waals surface area contributed by atoms with Gasteiger partial charge < -0.3 is 19.1 Å². The molecule has 0 N–H and O–H groups in total. The zero-order valence-corrected chi connectivity index (χ0v) is 22.5. The molecule has 5 heteroatoms. The summed E-state index contributed by atoms with van der Waals surface area (Å²) in [6.07, 6.45) is 24.4. The first kappa shape index (κ1) is 32.1. The third-order valence-corrected chi connectivity index (χ3v) is 6.05. The van der Waals surface area contributed by atoms with E-state index in [1.807, 2.05) is 0 Å². The van der Waals surface area contributed by atoms with Crippen LogP contribution in [-0.2, 0) is 19.0 Å². The maximum Gasteiger partial charge on any atom is 0.305 e. The molecular formula is C28H55NO4. The predicted octanol–water partition coefficient (Wildman–Crippen LogP) is 6.94. The number of carbonyl (C=O) groups is 1. The smallest absolute Gasteiger partial charge is 0.305 e. The van der Waals surface area contributed by atoms with Gasteiger partial charge in [0.25, 0.3) is 0 Å². The van der Waals surface area contributed by atoms with Gasteiger partial charge in [-0.15, -0.1) is 0 Å². The van der Waals surface area contributed by atoms with Crippen molar-refractivity contribution >= 4 is 5.97 Å². The number of ether oxygens (including phenoxy) is 3. The van der Waals surface area contributed by atoms with Gasteiger partial charge in [0.2, 0.25) is 0 Å². The first-order valence-electron chi connectivity index (χ1n) is 13.7. The van der Waals surface area contributed by atoms with Crippen molar-refractivity contribution < 1.29 is 19.0 Å². The fourth-order valence-corrected chi connectivity index (χ4v) is 3.66. The molecule has 196 valence electrons. The van der Waals surface area contributed by atoms with E-state index < -0.39 is 0 Å². The van der Waals surface area contributed by atoms with Crippen LogP contribution in [0.1, 0.15) is 110 Å². The average Bonchev–Trinajstić information content (AvgIpc) is 2.81. The van der Waals surface area contributed by atoms with Crippen molar-refractivity contribution in [3.05, 3.63) is 12.2 Å². The lowest BCUT2D eigenvalue weighted by Crippen LogP contribution is -2.37. The molecule has 0 aromatic carbocycles. The SMILES string of the molecule is CCCCCCCCC=CCCCCCCCCOCC(COCCCC(=O)OC)N(C)C. The number of unbranched alkanes of at least 4 members (excludes halogenated alkanes) is 12. The van der Waals surface area contributed by atoms with Gasteiger partial charge in [0, 0.05) is 19.6 Å². The van der Waals surface area contributed by atoms with E-state index >= 15 is 0 Å². The quantitative estimate of drug-likeness (QED) is 0.0823. The second-order valence-electron chi connectivity index (χ2n) is 9.38. The maximum atomic E-state index is 11.1. The van der Waals surface area contributed by atoms with Crippen LogP contribution in [0.4, 0.5) is 0 Å². The number of likely N-dealkylation sites (N-methyl/N-ethyl adjacent to an activating group) is 1. The second kappa shape index (κ2) is 25.7. The van der Waals surface area contributed by atoms with Crippen LogP contribution in [0.5, 0.6) is 0 Å². The minimum Gasteiger partial charge on any atom is -0.469 e. The Morgan fingerprint density at radius 3 is 1.73 bits per heavy atom. The van der Waals surface area contributed by atoms with Crippen LogP contribution >= 0.6 is 0 Å². The summed E-state index contributed by atoms with van der Waals surface area (Å²) in [5, 5.41) is 0. The number of carbonyl (C=O) groups excluding carboxylic acids is 1. The normalized spacial score (nSPS) is 12.6. The van der Waals surface area contributed by atoms with Gasteiger partial charge in [0.15, 0.2) is 0 Å². The molecule has 0 aliphatic carbocycles. The van der Waals surface area contributed by atoms with Gasteiger partial charge in [0.1, 0.15) is 0 Å². The molecule has 0 rings (SSSR count). The molecule has 0 aromatic rings. The second-order valence-corrected chi connectivity index (χ2v) is 9.38. The Hall–Kier alpha value is -0.910. The molecule has 1 atom stereocenters. The molecule has 0 heterocycles. The maximum absolute atomic E-state index is 11.1. The fraction of sp³-hybridized carbons (Fsp3) is 0.893. The minimum atomic E-state index is -0.179. The Balaban J connectivity index is 3.43. The highest BCUT2D eigenvalue weighted by Crippen LogP contribution is 2.10. The van der Waals surface area contributed by atoms with Crippen molar-refractivity contribution in [3.63, 3.8) is 0 Å². The van der Waals surface area contributed by atoms with E-state index in [0.717, 1.165) is 13.0 Å². The summed E-state index contributed by atoms with van der Waals surface area (Å²) in [4.78, 5) is 13.2. The van der Waals surface area contributed by atoms with Crippen molar-refractivity contribution in [2.45, 2.75) is 116 Å². The summed E-state index contributed by atoms with van der Waals surface area (Å²) in [5.41, 5.74) is 0. The molecule has 1 unspecified atom stereocenters. The van der Waals surface area contributed by atoms with Crippen molar-refractivity contribution in [2.75, 3.05) is 47.6 Å². The minimum absolute atomic E-state index is 0.179. The molecule has 0 spiro atoms. The van der Waals surface area contributed by atoms with E-state index in [9.17, 15) is 4.79 Å². The van der Waals surface area contributed by atoms with Crippen molar-refractivity contribution in [1.29, 1.82) is 0 Å². The lowest BCUT2D eigenvalue weighted by atomic mass is 10.1. The van der Waals surface area contributed by atoms with Crippen molar-refractivity contribution in [2.24, 2.45) is 0 Å². The van der Waals surface area contributed by atoms with E-state index in [-0.39, 0.29) is 12.0 Å². The van der Waals surface area contributed by atoms with Gasteiger partial charge in [-0.2, -0.15) is 0 Å². The molecule has 0 amide bonds. The Morgan fingerprint density at radius 1 is 0.727 bits per heavy atom. The van der Waals surface area contributed by atoms with Crippen LogP contribution in [0.3, 0.4) is 0 Å². The summed E-state index contributed by atoms with van der Waals surface area (Å²) >= 11 is 0. The summed E-state index contributed by atoms with van der Waals surface area (Å²) < 4.78 is 16.2. The Bertz CT molecular complexity index is 440. The Kier molecular flexibility index (Phi) is 25.0. The van der Waals surface area contributed by atoms with Gasteiger partial charge in [0.05, 0.1) is 26.4 Å². The summed E-state index contributed by atoms with van der Waals surface area (Å²) in [6, 6.07) is 0.247. The number of hydrogen-bond donors (Lipinski definition) is 0. The molecule has 5 nitrogen and oxygen atoms in total. The molecular weight excluding hydrogens is 414 g/mol. The molecule has 0 aliphatic rings. The third kappa shape index (κ3) is 24.0. The largest absolute Gasteiger partial charge is 0.469 e.